The first kappa shape index (κ1) is 11.9. The predicted octanol–water partition coefficient (Wildman–Crippen LogP) is 1.27. The highest BCUT2D eigenvalue weighted by molar-refractivity contribution is 5.99. The van der Waals surface area contributed by atoms with E-state index in [2.05, 4.69) is 0 Å². The van der Waals surface area contributed by atoms with Crippen LogP contribution >= 0.6 is 0 Å². The van der Waals surface area contributed by atoms with Gasteiger partial charge >= 0.3 is 0 Å². The Labute approximate surface area is 99.2 Å². The first-order valence-electron chi connectivity index (χ1n) is 5.53. The van der Waals surface area contributed by atoms with Crippen molar-refractivity contribution in [2.24, 2.45) is 0 Å². The Balaban J connectivity index is 2.24. The number of carbonyl (C=O) groups excluding carboxylic acids is 1. The standard InChI is InChI=1S/C12H15FN2O2/c1-8-7-17-5-4-15(8)12(16)10-3-2-9(13)6-11(10)14/h2-3,6,8H,4-5,7,14H2,1H3. The molecule has 1 heterocycles. The maximum atomic E-state index is 12.9. The predicted molar refractivity (Wildman–Crippen MR) is 62.1 cm³/mol. The summed E-state index contributed by atoms with van der Waals surface area (Å²) >= 11 is 0. The van der Waals surface area contributed by atoms with Gasteiger partial charge in [0.25, 0.3) is 5.91 Å². The highest BCUT2D eigenvalue weighted by Gasteiger charge is 2.25. The Bertz CT molecular complexity index is 437. The molecule has 2 rings (SSSR count). The second kappa shape index (κ2) is 4.71. The number of nitrogen functional groups attached to an aromatic ring is 1. The molecule has 1 saturated heterocycles. The highest BCUT2D eigenvalue weighted by atomic mass is 19.1. The summed E-state index contributed by atoms with van der Waals surface area (Å²) in [6, 6.07) is 3.85. The van der Waals surface area contributed by atoms with Gasteiger partial charge in [-0.05, 0) is 25.1 Å². The van der Waals surface area contributed by atoms with E-state index in [0.29, 0.717) is 25.3 Å². The fraction of sp³-hybridized carbons (Fsp3) is 0.417. The maximum absolute atomic E-state index is 12.9. The Kier molecular flexibility index (Phi) is 3.28. The molecule has 0 saturated carbocycles. The van der Waals surface area contributed by atoms with E-state index < -0.39 is 5.82 Å². The van der Waals surface area contributed by atoms with Gasteiger partial charge in [-0.2, -0.15) is 0 Å². The molecular formula is C12H15FN2O2. The van der Waals surface area contributed by atoms with Gasteiger partial charge in [0.05, 0.1) is 24.8 Å². The summed E-state index contributed by atoms with van der Waals surface area (Å²) in [5, 5.41) is 0. The van der Waals surface area contributed by atoms with Crippen LogP contribution in [0.1, 0.15) is 17.3 Å². The zero-order valence-electron chi connectivity index (χ0n) is 9.65. The summed E-state index contributed by atoms with van der Waals surface area (Å²) in [6.45, 7) is 3.50. The van der Waals surface area contributed by atoms with Crippen molar-refractivity contribution in [3.63, 3.8) is 0 Å². The van der Waals surface area contributed by atoms with Crippen molar-refractivity contribution in [3.05, 3.63) is 29.6 Å². The van der Waals surface area contributed by atoms with Crippen LogP contribution in [0.5, 0.6) is 0 Å². The number of rotatable bonds is 1. The largest absolute Gasteiger partial charge is 0.398 e. The Hall–Kier alpha value is -1.62. The van der Waals surface area contributed by atoms with E-state index in [1.165, 1.54) is 18.2 Å². The smallest absolute Gasteiger partial charge is 0.256 e. The van der Waals surface area contributed by atoms with E-state index in [0.717, 1.165) is 0 Å². The van der Waals surface area contributed by atoms with E-state index in [1.807, 2.05) is 6.92 Å². The van der Waals surface area contributed by atoms with Gasteiger partial charge in [0.2, 0.25) is 0 Å². The number of nitrogens with zero attached hydrogens (tertiary/aromatic N) is 1. The van der Waals surface area contributed by atoms with Crippen LogP contribution in [-0.2, 0) is 4.74 Å². The van der Waals surface area contributed by atoms with Crippen molar-refractivity contribution in [1.82, 2.24) is 4.90 Å². The lowest BCUT2D eigenvalue weighted by molar-refractivity contribution is 0.00365. The molecule has 1 atom stereocenters. The van der Waals surface area contributed by atoms with Crippen molar-refractivity contribution >= 4 is 11.6 Å². The van der Waals surface area contributed by atoms with Crippen molar-refractivity contribution in [2.75, 3.05) is 25.5 Å². The zero-order chi connectivity index (χ0) is 12.4. The third kappa shape index (κ3) is 2.39. The molecule has 0 aromatic heterocycles. The number of hydrogen-bond acceptors (Lipinski definition) is 3. The van der Waals surface area contributed by atoms with Crippen LogP contribution in [0.3, 0.4) is 0 Å². The topological polar surface area (TPSA) is 55.6 Å². The molecule has 0 radical (unpaired) electrons. The SMILES string of the molecule is CC1COCCN1C(=O)c1ccc(F)cc1N. The molecule has 1 fully saturated rings. The zero-order valence-corrected chi connectivity index (χ0v) is 9.65. The molecule has 4 nitrogen and oxygen atoms in total. The molecule has 1 unspecified atom stereocenters. The van der Waals surface area contributed by atoms with E-state index in [9.17, 15) is 9.18 Å². The molecule has 1 amide bonds. The maximum Gasteiger partial charge on any atom is 0.256 e. The molecule has 0 aliphatic carbocycles. The van der Waals surface area contributed by atoms with Gasteiger partial charge in [0.15, 0.2) is 0 Å². The molecule has 1 aromatic carbocycles. The molecule has 17 heavy (non-hydrogen) atoms. The second-order valence-electron chi connectivity index (χ2n) is 4.15. The molecule has 1 aliphatic rings. The fourth-order valence-corrected chi connectivity index (χ4v) is 1.91. The average Bonchev–Trinajstić information content (AvgIpc) is 2.29. The Morgan fingerprint density at radius 2 is 2.35 bits per heavy atom. The summed E-state index contributed by atoms with van der Waals surface area (Å²) in [5.74, 6) is -0.604. The minimum Gasteiger partial charge on any atom is -0.398 e. The van der Waals surface area contributed by atoms with E-state index >= 15 is 0 Å². The molecule has 1 aromatic rings. The summed E-state index contributed by atoms with van der Waals surface area (Å²) < 4.78 is 18.2. The Morgan fingerprint density at radius 3 is 3.00 bits per heavy atom. The van der Waals surface area contributed by atoms with Crippen LogP contribution in [0.2, 0.25) is 0 Å². The molecule has 5 heteroatoms. The van der Waals surface area contributed by atoms with Crippen molar-refractivity contribution in [2.45, 2.75) is 13.0 Å². The van der Waals surface area contributed by atoms with E-state index in [1.54, 1.807) is 4.90 Å². The second-order valence-corrected chi connectivity index (χ2v) is 4.15. The number of halogens is 1. The third-order valence-electron chi connectivity index (χ3n) is 2.87. The van der Waals surface area contributed by atoms with Crippen LogP contribution in [0.25, 0.3) is 0 Å². The molecule has 1 aliphatic heterocycles. The van der Waals surface area contributed by atoms with Gasteiger partial charge in [-0.15, -0.1) is 0 Å². The summed E-state index contributed by atoms with van der Waals surface area (Å²) in [6.07, 6.45) is 0. The van der Waals surface area contributed by atoms with Crippen LogP contribution in [0.15, 0.2) is 18.2 Å². The Morgan fingerprint density at radius 1 is 1.59 bits per heavy atom. The minimum absolute atomic E-state index is 0.0145. The van der Waals surface area contributed by atoms with Crippen LogP contribution in [-0.4, -0.2) is 36.6 Å². The van der Waals surface area contributed by atoms with Crippen LogP contribution < -0.4 is 5.73 Å². The minimum atomic E-state index is -0.436. The number of anilines is 1. The lowest BCUT2D eigenvalue weighted by Crippen LogP contribution is -2.47. The number of ether oxygens (including phenoxy) is 1. The summed E-state index contributed by atoms with van der Waals surface area (Å²) in [7, 11) is 0. The lowest BCUT2D eigenvalue weighted by atomic mass is 10.1. The van der Waals surface area contributed by atoms with Gasteiger partial charge in [-0.25, -0.2) is 4.39 Å². The van der Waals surface area contributed by atoms with Gasteiger partial charge in [0, 0.05) is 12.2 Å². The van der Waals surface area contributed by atoms with E-state index in [4.69, 9.17) is 10.5 Å². The monoisotopic (exact) mass is 238 g/mol. The summed E-state index contributed by atoms with van der Waals surface area (Å²) in [4.78, 5) is 13.9. The normalized spacial score (nSPS) is 20.4. The fourth-order valence-electron chi connectivity index (χ4n) is 1.91. The number of benzene rings is 1. The van der Waals surface area contributed by atoms with Gasteiger partial charge < -0.3 is 15.4 Å². The summed E-state index contributed by atoms with van der Waals surface area (Å²) in [5.41, 5.74) is 6.18. The van der Waals surface area contributed by atoms with Crippen molar-refractivity contribution in [3.8, 4) is 0 Å². The quantitative estimate of drug-likeness (QED) is 0.749. The number of morpholine rings is 1. The lowest BCUT2D eigenvalue weighted by Gasteiger charge is -2.33. The number of amides is 1. The first-order valence-corrected chi connectivity index (χ1v) is 5.53. The van der Waals surface area contributed by atoms with Crippen LogP contribution in [0.4, 0.5) is 10.1 Å². The average molecular weight is 238 g/mol. The highest BCUT2D eigenvalue weighted by Crippen LogP contribution is 2.18. The number of hydrogen-bond donors (Lipinski definition) is 1. The molecule has 92 valence electrons. The third-order valence-corrected chi connectivity index (χ3v) is 2.87. The van der Waals surface area contributed by atoms with Crippen molar-refractivity contribution < 1.29 is 13.9 Å². The molecule has 2 N–H and O–H groups in total. The molecular weight excluding hydrogens is 223 g/mol. The van der Waals surface area contributed by atoms with E-state index in [-0.39, 0.29) is 17.6 Å². The van der Waals surface area contributed by atoms with Gasteiger partial charge in [-0.3, -0.25) is 4.79 Å². The van der Waals surface area contributed by atoms with Crippen LogP contribution in [0, 0.1) is 5.82 Å². The number of nitrogens with two attached hydrogens (primary N) is 1. The molecule has 0 spiro atoms. The first-order chi connectivity index (χ1) is 8.09. The number of carbonyl (C=O) groups is 1. The van der Waals surface area contributed by atoms with Gasteiger partial charge in [-0.1, -0.05) is 0 Å². The van der Waals surface area contributed by atoms with Gasteiger partial charge in [0.1, 0.15) is 5.82 Å². The molecule has 0 bridgehead atoms. The van der Waals surface area contributed by atoms with Crippen molar-refractivity contribution in [1.29, 1.82) is 0 Å².